The second-order valence-electron chi connectivity index (χ2n) is 7.03. The Morgan fingerprint density at radius 1 is 1.31 bits per heavy atom. The number of amides is 1. The number of anilines is 1. The zero-order chi connectivity index (χ0) is 20.6. The first-order chi connectivity index (χ1) is 14.1. The van der Waals surface area contributed by atoms with Crippen LogP contribution in [0.4, 0.5) is 5.95 Å². The molecule has 8 nitrogen and oxygen atoms in total. The highest BCUT2D eigenvalue weighted by Crippen LogP contribution is 2.19. The highest BCUT2D eigenvalue weighted by atomic mass is 16.5. The average Bonchev–Trinajstić information content (AvgIpc) is 3.21. The van der Waals surface area contributed by atoms with Gasteiger partial charge in [-0.1, -0.05) is 26.3 Å². The third-order valence-electron chi connectivity index (χ3n) is 4.72. The smallest absolute Gasteiger partial charge is 0.328 e. The van der Waals surface area contributed by atoms with Crippen molar-refractivity contribution in [3.05, 3.63) is 42.3 Å². The van der Waals surface area contributed by atoms with E-state index in [4.69, 9.17) is 9.26 Å². The highest BCUT2D eigenvalue weighted by molar-refractivity contribution is 6.03. The first-order valence-electron chi connectivity index (χ1n) is 9.95. The lowest BCUT2D eigenvalue weighted by Gasteiger charge is -2.21. The molecule has 1 unspecified atom stereocenters. The first-order valence-corrected chi connectivity index (χ1v) is 9.95. The standard InChI is InChI=1S/C21H26N4O4/c1-3-4-7-14(2)19-24-21(25-29-19)23-18(26)15-9-11-16(12-10-15)28-20(27)17-8-5-6-13-22-17/h9-12,17,22H,2-8,13H2,1H3,(H,23,25,26). The molecule has 1 fully saturated rings. The molecule has 2 N–H and O–H groups in total. The number of aromatic nitrogens is 2. The number of carbonyl (C=O) groups is 2. The molecule has 0 bridgehead atoms. The summed E-state index contributed by atoms with van der Waals surface area (Å²) in [4.78, 5) is 28.7. The van der Waals surface area contributed by atoms with Crippen molar-refractivity contribution in [2.75, 3.05) is 11.9 Å². The fourth-order valence-corrected chi connectivity index (χ4v) is 3.00. The van der Waals surface area contributed by atoms with Crippen molar-refractivity contribution in [1.29, 1.82) is 0 Å². The fraction of sp³-hybridized carbons (Fsp3) is 0.429. The normalized spacial score (nSPS) is 16.2. The summed E-state index contributed by atoms with van der Waals surface area (Å²) in [6.07, 6.45) is 5.65. The van der Waals surface area contributed by atoms with Gasteiger partial charge in [0, 0.05) is 11.1 Å². The van der Waals surface area contributed by atoms with E-state index in [0.717, 1.165) is 50.6 Å². The Hall–Kier alpha value is -3.00. The maximum absolute atomic E-state index is 12.4. The van der Waals surface area contributed by atoms with E-state index in [0.29, 0.717) is 17.2 Å². The Labute approximate surface area is 169 Å². The third-order valence-corrected chi connectivity index (χ3v) is 4.72. The van der Waals surface area contributed by atoms with Gasteiger partial charge in [-0.15, -0.1) is 0 Å². The van der Waals surface area contributed by atoms with Crippen LogP contribution in [0.3, 0.4) is 0 Å². The molecule has 2 heterocycles. The summed E-state index contributed by atoms with van der Waals surface area (Å²) in [5.41, 5.74) is 1.13. The van der Waals surface area contributed by atoms with Gasteiger partial charge in [0.05, 0.1) is 0 Å². The maximum Gasteiger partial charge on any atom is 0.328 e. The molecule has 29 heavy (non-hydrogen) atoms. The van der Waals surface area contributed by atoms with Crippen LogP contribution in [0, 0.1) is 0 Å². The predicted molar refractivity (Wildman–Crippen MR) is 109 cm³/mol. The van der Waals surface area contributed by atoms with Gasteiger partial charge >= 0.3 is 5.97 Å². The molecule has 1 aromatic carbocycles. The molecule has 1 aliphatic rings. The van der Waals surface area contributed by atoms with E-state index in [2.05, 4.69) is 34.3 Å². The summed E-state index contributed by atoms with van der Waals surface area (Å²) in [5, 5.41) is 9.50. The second-order valence-corrected chi connectivity index (χ2v) is 7.03. The monoisotopic (exact) mass is 398 g/mol. The number of piperidine rings is 1. The number of rotatable bonds is 8. The highest BCUT2D eigenvalue weighted by Gasteiger charge is 2.22. The third kappa shape index (κ3) is 5.74. The van der Waals surface area contributed by atoms with Gasteiger partial charge < -0.3 is 14.6 Å². The van der Waals surface area contributed by atoms with Crippen LogP contribution >= 0.6 is 0 Å². The molecular formula is C21H26N4O4. The van der Waals surface area contributed by atoms with Crippen LogP contribution in [-0.4, -0.2) is 34.6 Å². The van der Waals surface area contributed by atoms with Crippen LogP contribution in [0.15, 0.2) is 35.4 Å². The minimum absolute atomic E-state index is 0.0847. The molecule has 0 spiro atoms. The minimum Gasteiger partial charge on any atom is -0.425 e. The van der Waals surface area contributed by atoms with Gasteiger partial charge in [0.15, 0.2) is 0 Å². The zero-order valence-corrected chi connectivity index (χ0v) is 16.6. The Morgan fingerprint density at radius 3 is 2.79 bits per heavy atom. The first kappa shape index (κ1) is 20.7. The molecule has 1 amide bonds. The Balaban J connectivity index is 1.54. The van der Waals surface area contributed by atoms with Crippen LogP contribution in [-0.2, 0) is 4.79 Å². The van der Waals surface area contributed by atoms with Crippen molar-refractivity contribution in [1.82, 2.24) is 15.5 Å². The van der Waals surface area contributed by atoms with Crippen molar-refractivity contribution in [2.45, 2.75) is 51.5 Å². The molecule has 1 aliphatic heterocycles. The molecule has 1 aromatic heterocycles. The molecule has 1 saturated heterocycles. The van der Waals surface area contributed by atoms with Gasteiger partial charge in [-0.25, -0.2) is 4.79 Å². The van der Waals surface area contributed by atoms with Crippen LogP contribution in [0.2, 0.25) is 0 Å². The van der Waals surface area contributed by atoms with Crippen molar-refractivity contribution in [3.63, 3.8) is 0 Å². The lowest BCUT2D eigenvalue weighted by atomic mass is 10.1. The van der Waals surface area contributed by atoms with Gasteiger partial charge in [-0.05, 0) is 61.7 Å². The second kappa shape index (κ2) is 9.97. The van der Waals surface area contributed by atoms with E-state index in [-0.39, 0.29) is 23.9 Å². The van der Waals surface area contributed by atoms with Gasteiger partial charge in [0.25, 0.3) is 17.7 Å². The van der Waals surface area contributed by atoms with E-state index < -0.39 is 0 Å². The van der Waals surface area contributed by atoms with Crippen LogP contribution in [0.1, 0.15) is 61.7 Å². The number of nitrogens with one attached hydrogen (secondary N) is 2. The molecule has 154 valence electrons. The topological polar surface area (TPSA) is 106 Å². The van der Waals surface area contributed by atoms with Crippen molar-refractivity contribution >= 4 is 23.4 Å². The fourth-order valence-electron chi connectivity index (χ4n) is 3.00. The summed E-state index contributed by atoms with van der Waals surface area (Å²) in [5.74, 6) is 0.120. The molecule has 8 heteroatoms. The minimum atomic E-state index is -0.386. The number of ether oxygens (including phenoxy) is 1. The predicted octanol–water partition coefficient (Wildman–Crippen LogP) is 3.57. The van der Waals surface area contributed by atoms with E-state index in [9.17, 15) is 9.59 Å². The Morgan fingerprint density at radius 2 is 2.10 bits per heavy atom. The largest absolute Gasteiger partial charge is 0.425 e. The van der Waals surface area contributed by atoms with Gasteiger partial charge in [-0.3, -0.25) is 10.1 Å². The number of benzene rings is 1. The van der Waals surface area contributed by atoms with E-state index in [1.54, 1.807) is 24.3 Å². The molecule has 0 radical (unpaired) electrons. The lowest BCUT2D eigenvalue weighted by molar-refractivity contribution is -0.137. The van der Waals surface area contributed by atoms with Crippen LogP contribution < -0.4 is 15.4 Å². The van der Waals surface area contributed by atoms with Gasteiger partial charge in [-0.2, -0.15) is 4.98 Å². The van der Waals surface area contributed by atoms with Crippen LogP contribution in [0.5, 0.6) is 5.75 Å². The average molecular weight is 398 g/mol. The molecule has 1 atom stereocenters. The quantitative estimate of drug-likeness (QED) is 0.517. The number of hydrogen-bond acceptors (Lipinski definition) is 7. The van der Waals surface area contributed by atoms with E-state index >= 15 is 0 Å². The molecular weight excluding hydrogens is 372 g/mol. The number of unbranched alkanes of at least 4 members (excludes halogenated alkanes) is 1. The van der Waals surface area contributed by atoms with Crippen molar-refractivity contribution in [2.24, 2.45) is 0 Å². The summed E-state index contributed by atoms with van der Waals surface area (Å²) in [6, 6.07) is 6.06. The number of hydrogen-bond donors (Lipinski definition) is 2. The zero-order valence-electron chi connectivity index (χ0n) is 16.6. The molecule has 3 rings (SSSR count). The molecule has 0 aliphatic carbocycles. The van der Waals surface area contributed by atoms with Crippen molar-refractivity contribution in [3.8, 4) is 5.75 Å². The summed E-state index contributed by atoms with van der Waals surface area (Å²) < 4.78 is 10.5. The SMILES string of the molecule is C=C(CCCC)c1nc(NC(=O)c2ccc(OC(=O)C3CCCCN3)cc2)no1. The van der Waals surface area contributed by atoms with Gasteiger partial charge in [0.1, 0.15) is 11.8 Å². The number of nitrogens with zero attached hydrogens (tertiary/aromatic N) is 2. The number of allylic oxidation sites excluding steroid dienone is 1. The number of esters is 1. The van der Waals surface area contributed by atoms with Gasteiger partial charge in [0.2, 0.25) is 0 Å². The Bertz CT molecular complexity index is 854. The summed E-state index contributed by atoms with van der Waals surface area (Å²) >= 11 is 0. The van der Waals surface area contributed by atoms with Crippen molar-refractivity contribution < 1.29 is 18.8 Å². The summed E-state index contributed by atoms with van der Waals surface area (Å²) in [6.45, 7) is 6.84. The van der Waals surface area contributed by atoms with E-state index in [1.165, 1.54) is 0 Å². The maximum atomic E-state index is 12.4. The molecule has 2 aromatic rings. The van der Waals surface area contributed by atoms with Crippen LogP contribution in [0.25, 0.3) is 5.57 Å². The Kier molecular flexibility index (Phi) is 7.13. The van der Waals surface area contributed by atoms with E-state index in [1.807, 2.05) is 0 Å². The lowest BCUT2D eigenvalue weighted by Crippen LogP contribution is -2.42. The number of carbonyl (C=O) groups excluding carboxylic acids is 2. The molecule has 0 saturated carbocycles. The summed E-state index contributed by atoms with van der Waals surface area (Å²) in [7, 11) is 0.